The van der Waals surface area contributed by atoms with Crippen LogP contribution in [0.5, 0.6) is 0 Å². The highest BCUT2D eigenvalue weighted by Gasteiger charge is 2.24. The summed E-state index contributed by atoms with van der Waals surface area (Å²) < 4.78 is 9.54. The van der Waals surface area contributed by atoms with Gasteiger partial charge in [-0.3, -0.25) is 9.59 Å². The largest absolute Gasteiger partial charge is 0.423 e. The van der Waals surface area contributed by atoms with E-state index in [4.69, 9.17) is 9.47 Å². The van der Waals surface area contributed by atoms with Gasteiger partial charge in [-0.2, -0.15) is 0 Å². The molecule has 4 nitrogen and oxygen atoms in total. The van der Waals surface area contributed by atoms with Crippen LogP contribution in [0, 0.1) is 0 Å². The first-order chi connectivity index (χ1) is 5.37. The Labute approximate surface area is 71.8 Å². The minimum atomic E-state index is -1.15. The van der Waals surface area contributed by atoms with E-state index in [2.05, 4.69) is 0 Å². The van der Waals surface area contributed by atoms with Crippen molar-refractivity contribution in [1.82, 2.24) is 0 Å². The van der Waals surface area contributed by atoms with Crippen LogP contribution < -0.4 is 0 Å². The van der Waals surface area contributed by atoms with Gasteiger partial charge in [0.2, 0.25) is 0 Å². The maximum atomic E-state index is 10.8. The van der Waals surface area contributed by atoms with Gasteiger partial charge in [0, 0.05) is 27.2 Å². The Morgan fingerprint density at radius 3 is 2.08 bits per heavy atom. The van der Waals surface area contributed by atoms with Gasteiger partial charge in [0.25, 0.3) is 5.79 Å². The van der Waals surface area contributed by atoms with E-state index in [1.807, 2.05) is 0 Å². The fourth-order valence-electron chi connectivity index (χ4n) is 0.713. The van der Waals surface area contributed by atoms with E-state index in [0.717, 1.165) is 0 Å². The fourth-order valence-corrected chi connectivity index (χ4v) is 0.713. The molecule has 0 rings (SSSR count). The van der Waals surface area contributed by atoms with Gasteiger partial charge in [-0.25, -0.2) is 0 Å². The molecule has 0 amide bonds. The lowest BCUT2D eigenvalue weighted by Gasteiger charge is -2.23. The number of hydrogen-bond acceptors (Lipinski definition) is 4. The second-order valence-electron chi connectivity index (χ2n) is 2.82. The smallest absolute Gasteiger partial charge is 0.308 e. The molecule has 0 N–H and O–H groups in total. The number of ether oxygens (including phenoxy) is 2. The number of carbonyl (C=O) groups is 2. The summed E-state index contributed by atoms with van der Waals surface area (Å²) in [6, 6.07) is 0. The van der Waals surface area contributed by atoms with Crippen molar-refractivity contribution in [2.75, 3.05) is 0 Å². The van der Waals surface area contributed by atoms with Gasteiger partial charge in [-0.1, -0.05) is 6.92 Å². The van der Waals surface area contributed by atoms with Crippen molar-refractivity contribution < 1.29 is 19.1 Å². The van der Waals surface area contributed by atoms with E-state index in [9.17, 15) is 9.59 Å². The van der Waals surface area contributed by atoms with Crippen LogP contribution in [0.2, 0.25) is 0 Å². The number of rotatable bonds is 3. The summed E-state index contributed by atoms with van der Waals surface area (Å²) in [5.41, 5.74) is 0. The third-order valence-corrected chi connectivity index (χ3v) is 1.04. The molecular formula is C8H14O4. The standard InChI is InChI=1S/C8H14O4/c1-5-7(10)12-8(3,4)11-6(2)9/h5H2,1-4H3. The Balaban J connectivity index is 4.03. The highest BCUT2D eigenvalue weighted by molar-refractivity contribution is 5.70. The molecular weight excluding hydrogens is 160 g/mol. The Morgan fingerprint density at radius 2 is 1.75 bits per heavy atom. The van der Waals surface area contributed by atoms with Crippen LogP contribution in [0.4, 0.5) is 0 Å². The number of hydrogen-bond donors (Lipinski definition) is 0. The van der Waals surface area contributed by atoms with Crippen molar-refractivity contribution >= 4 is 11.9 Å². The van der Waals surface area contributed by atoms with E-state index in [0.29, 0.717) is 0 Å². The summed E-state index contributed by atoms with van der Waals surface area (Å²) in [6.07, 6.45) is 0.269. The van der Waals surface area contributed by atoms with Crippen LogP contribution in [0.3, 0.4) is 0 Å². The van der Waals surface area contributed by atoms with Crippen molar-refractivity contribution in [3.63, 3.8) is 0 Å². The molecule has 0 atom stereocenters. The lowest BCUT2D eigenvalue weighted by atomic mass is 10.3. The number of carbonyl (C=O) groups excluding carboxylic acids is 2. The molecule has 0 spiro atoms. The molecule has 70 valence electrons. The zero-order valence-electron chi connectivity index (χ0n) is 7.84. The molecule has 0 aliphatic rings. The monoisotopic (exact) mass is 174 g/mol. The zero-order chi connectivity index (χ0) is 9.78. The summed E-state index contributed by atoms with van der Waals surface area (Å²) in [5.74, 6) is -2.01. The Morgan fingerprint density at radius 1 is 1.25 bits per heavy atom. The predicted molar refractivity (Wildman–Crippen MR) is 42.2 cm³/mol. The molecule has 0 saturated heterocycles. The molecule has 0 unspecified atom stereocenters. The lowest BCUT2D eigenvalue weighted by Crippen LogP contribution is -2.32. The van der Waals surface area contributed by atoms with Crippen LogP contribution in [-0.4, -0.2) is 17.7 Å². The molecule has 12 heavy (non-hydrogen) atoms. The van der Waals surface area contributed by atoms with Crippen molar-refractivity contribution in [2.24, 2.45) is 0 Å². The molecule has 4 heteroatoms. The fraction of sp³-hybridized carbons (Fsp3) is 0.750. The van der Waals surface area contributed by atoms with Crippen molar-refractivity contribution in [2.45, 2.75) is 39.9 Å². The SMILES string of the molecule is CCC(=O)OC(C)(C)OC(C)=O. The lowest BCUT2D eigenvalue weighted by molar-refractivity contribution is -0.214. The van der Waals surface area contributed by atoms with Gasteiger partial charge < -0.3 is 9.47 Å². The van der Waals surface area contributed by atoms with Crippen molar-refractivity contribution in [3.05, 3.63) is 0 Å². The van der Waals surface area contributed by atoms with E-state index in [-0.39, 0.29) is 12.4 Å². The number of esters is 2. The first-order valence-electron chi connectivity index (χ1n) is 3.79. The summed E-state index contributed by atoms with van der Waals surface area (Å²) >= 11 is 0. The highest BCUT2D eigenvalue weighted by atomic mass is 16.7. The van der Waals surface area contributed by atoms with Crippen LogP contribution >= 0.6 is 0 Å². The topological polar surface area (TPSA) is 52.6 Å². The second-order valence-corrected chi connectivity index (χ2v) is 2.82. The average molecular weight is 174 g/mol. The average Bonchev–Trinajstić information content (AvgIpc) is 1.83. The molecule has 0 aromatic carbocycles. The highest BCUT2D eigenvalue weighted by Crippen LogP contribution is 2.12. The first kappa shape index (κ1) is 10.9. The van der Waals surface area contributed by atoms with Gasteiger partial charge in [0.1, 0.15) is 0 Å². The van der Waals surface area contributed by atoms with Crippen LogP contribution in [-0.2, 0) is 19.1 Å². The molecule has 0 aliphatic carbocycles. The quantitative estimate of drug-likeness (QED) is 0.477. The first-order valence-corrected chi connectivity index (χ1v) is 3.79. The molecule has 0 aromatic heterocycles. The molecule has 0 heterocycles. The minimum Gasteiger partial charge on any atom is -0.423 e. The summed E-state index contributed by atoms with van der Waals surface area (Å²) in [6.45, 7) is 5.97. The van der Waals surface area contributed by atoms with Crippen LogP contribution in [0.15, 0.2) is 0 Å². The van der Waals surface area contributed by atoms with Gasteiger partial charge in [0.15, 0.2) is 0 Å². The Hall–Kier alpha value is -1.06. The van der Waals surface area contributed by atoms with E-state index >= 15 is 0 Å². The van der Waals surface area contributed by atoms with Crippen LogP contribution in [0.1, 0.15) is 34.1 Å². The Bertz CT molecular complexity index is 183. The van der Waals surface area contributed by atoms with Gasteiger partial charge in [0.05, 0.1) is 0 Å². The predicted octanol–water partition coefficient (Wildman–Crippen LogP) is 1.24. The molecule has 0 fully saturated rings. The van der Waals surface area contributed by atoms with Gasteiger partial charge >= 0.3 is 11.9 Å². The molecule has 0 bridgehead atoms. The normalized spacial score (nSPS) is 10.7. The third-order valence-electron chi connectivity index (χ3n) is 1.04. The minimum absolute atomic E-state index is 0.269. The maximum absolute atomic E-state index is 10.8. The molecule has 0 aliphatic heterocycles. The van der Waals surface area contributed by atoms with E-state index < -0.39 is 11.8 Å². The second kappa shape index (κ2) is 4.09. The Kier molecular flexibility index (Phi) is 3.73. The zero-order valence-corrected chi connectivity index (χ0v) is 7.84. The van der Waals surface area contributed by atoms with Crippen molar-refractivity contribution in [1.29, 1.82) is 0 Å². The van der Waals surface area contributed by atoms with Gasteiger partial charge in [-0.15, -0.1) is 0 Å². The summed E-state index contributed by atoms with van der Waals surface area (Å²) in [7, 11) is 0. The summed E-state index contributed by atoms with van der Waals surface area (Å²) in [4.78, 5) is 21.3. The van der Waals surface area contributed by atoms with Crippen molar-refractivity contribution in [3.8, 4) is 0 Å². The van der Waals surface area contributed by atoms with Gasteiger partial charge in [-0.05, 0) is 0 Å². The van der Waals surface area contributed by atoms with E-state index in [1.54, 1.807) is 6.92 Å². The third kappa shape index (κ3) is 4.71. The van der Waals surface area contributed by atoms with E-state index in [1.165, 1.54) is 20.8 Å². The molecule has 0 aromatic rings. The molecule has 0 saturated carbocycles. The maximum Gasteiger partial charge on any atom is 0.308 e. The summed E-state index contributed by atoms with van der Waals surface area (Å²) in [5, 5.41) is 0. The molecule has 0 radical (unpaired) electrons. The van der Waals surface area contributed by atoms with Crippen LogP contribution in [0.25, 0.3) is 0 Å².